The lowest BCUT2D eigenvalue weighted by Crippen LogP contribution is -2.31. The van der Waals surface area contributed by atoms with Crippen molar-refractivity contribution >= 4 is 21.4 Å². The number of nitrogens with one attached hydrogen (secondary N) is 1. The Hall–Kier alpha value is -1.78. The number of hydrogen-bond acceptors (Lipinski definition) is 6. The van der Waals surface area contributed by atoms with Gasteiger partial charge >= 0.3 is 0 Å². The number of nitrogens with zero attached hydrogens (tertiary/aromatic N) is 2. The number of nitro benzene ring substituents is 1. The summed E-state index contributed by atoms with van der Waals surface area (Å²) in [6, 6.07) is 1.52. The second kappa shape index (κ2) is 6.78. The summed E-state index contributed by atoms with van der Waals surface area (Å²) in [6.45, 7) is 1.25. The van der Waals surface area contributed by atoms with E-state index in [1.807, 2.05) is 0 Å². The van der Waals surface area contributed by atoms with Gasteiger partial charge in [0.15, 0.2) is 5.82 Å². The lowest BCUT2D eigenvalue weighted by atomic mass is 10.2. The highest BCUT2D eigenvalue weighted by Crippen LogP contribution is 2.31. The fraction of sp³-hybridized carbons (Fsp3) is 0.455. The van der Waals surface area contributed by atoms with Crippen molar-refractivity contribution in [3.05, 3.63) is 28.1 Å². The Kier molecular flexibility index (Phi) is 5.58. The summed E-state index contributed by atoms with van der Waals surface area (Å²) in [5.74, 6) is -1.22. The molecule has 0 saturated heterocycles. The van der Waals surface area contributed by atoms with Gasteiger partial charge in [-0.2, -0.15) is 4.31 Å². The Balaban J connectivity index is 3.50. The molecule has 0 aliphatic carbocycles. The maximum atomic E-state index is 14.1. The third-order valence-electron chi connectivity index (χ3n) is 2.69. The molecule has 0 spiro atoms. The van der Waals surface area contributed by atoms with E-state index in [0.717, 1.165) is 10.4 Å². The molecular formula is C11H16FN3O5S. The fourth-order valence-electron chi connectivity index (χ4n) is 1.69. The van der Waals surface area contributed by atoms with Crippen LogP contribution in [-0.4, -0.2) is 49.5 Å². The molecule has 8 nitrogen and oxygen atoms in total. The number of non-ortho nitro benzene ring substituents is 1. The van der Waals surface area contributed by atoms with Crippen LogP contribution in [0.2, 0.25) is 0 Å². The van der Waals surface area contributed by atoms with Gasteiger partial charge in [0.05, 0.1) is 23.3 Å². The van der Waals surface area contributed by atoms with E-state index in [0.29, 0.717) is 6.07 Å². The first-order chi connectivity index (χ1) is 9.75. The first kappa shape index (κ1) is 17.3. The van der Waals surface area contributed by atoms with E-state index in [1.54, 1.807) is 6.92 Å². The quantitative estimate of drug-likeness (QED) is 0.567. The van der Waals surface area contributed by atoms with Crippen molar-refractivity contribution in [2.45, 2.75) is 11.8 Å². The number of aliphatic hydroxyl groups is 1. The molecule has 1 rings (SSSR count). The Labute approximate surface area is 121 Å². The number of halogens is 1. The van der Waals surface area contributed by atoms with E-state index in [-0.39, 0.29) is 18.8 Å². The van der Waals surface area contributed by atoms with Gasteiger partial charge < -0.3 is 10.4 Å². The van der Waals surface area contributed by atoms with Crippen molar-refractivity contribution in [3.8, 4) is 0 Å². The summed E-state index contributed by atoms with van der Waals surface area (Å²) in [6.07, 6.45) is 0. The van der Waals surface area contributed by atoms with E-state index in [9.17, 15) is 22.9 Å². The van der Waals surface area contributed by atoms with Crippen molar-refractivity contribution in [2.75, 3.05) is 32.1 Å². The molecular weight excluding hydrogens is 305 g/mol. The zero-order valence-electron chi connectivity index (χ0n) is 11.5. The lowest BCUT2D eigenvalue weighted by molar-refractivity contribution is -0.385. The fourth-order valence-corrected chi connectivity index (χ4v) is 3.03. The standard InChI is InChI=1S/C11H16FN3O5S/c1-3-13-10-7-8(15(17)18)6-9(12)11(10)21(19,20)14(2)4-5-16/h6-7,13,16H,3-5H2,1-2H3. The summed E-state index contributed by atoms with van der Waals surface area (Å²) >= 11 is 0. The second-order valence-electron chi connectivity index (χ2n) is 4.14. The molecule has 0 aliphatic heterocycles. The highest BCUT2D eigenvalue weighted by Gasteiger charge is 2.30. The third-order valence-corrected chi connectivity index (χ3v) is 4.62. The van der Waals surface area contributed by atoms with Crippen molar-refractivity contribution in [1.82, 2.24) is 4.31 Å². The molecule has 2 N–H and O–H groups in total. The van der Waals surface area contributed by atoms with E-state index >= 15 is 0 Å². The van der Waals surface area contributed by atoms with Crippen molar-refractivity contribution in [3.63, 3.8) is 0 Å². The van der Waals surface area contributed by atoms with Crippen LogP contribution in [0.5, 0.6) is 0 Å². The number of aliphatic hydroxyl groups excluding tert-OH is 1. The predicted molar refractivity (Wildman–Crippen MR) is 74.1 cm³/mol. The summed E-state index contributed by atoms with van der Waals surface area (Å²) < 4.78 is 39.4. The van der Waals surface area contributed by atoms with E-state index in [2.05, 4.69) is 5.32 Å². The molecule has 1 aromatic carbocycles. The number of hydrogen-bond donors (Lipinski definition) is 2. The molecule has 0 saturated carbocycles. The number of likely N-dealkylation sites (N-methyl/N-ethyl adjacent to an activating group) is 1. The highest BCUT2D eigenvalue weighted by molar-refractivity contribution is 7.89. The first-order valence-corrected chi connectivity index (χ1v) is 7.48. The molecule has 0 aromatic heterocycles. The maximum absolute atomic E-state index is 14.1. The average molecular weight is 321 g/mol. The molecule has 0 bridgehead atoms. The van der Waals surface area contributed by atoms with Crippen LogP contribution in [0.1, 0.15) is 6.92 Å². The molecule has 118 valence electrons. The van der Waals surface area contributed by atoms with Crippen LogP contribution >= 0.6 is 0 Å². The van der Waals surface area contributed by atoms with Crippen molar-refractivity contribution < 1.29 is 22.8 Å². The van der Waals surface area contributed by atoms with Gasteiger partial charge in [-0.25, -0.2) is 12.8 Å². The molecule has 0 atom stereocenters. The van der Waals surface area contributed by atoms with Crippen LogP contribution in [0.3, 0.4) is 0 Å². The minimum Gasteiger partial charge on any atom is -0.395 e. The molecule has 0 heterocycles. The number of rotatable bonds is 7. The smallest absolute Gasteiger partial charge is 0.274 e. The molecule has 0 fully saturated rings. The lowest BCUT2D eigenvalue weighted by Gasteiger charge is -2.19. The van der Waals surface area contributed by atoms with Crippen LogP contribution < -0.4 is 5.32 Å². The number of sulfonamides is 1. The van der Waals surface area contributed by atoms with Crippen LogP contribution in [0.25, 0.3) is 0 Å². The molecule has 10 heteroatoms. The van der Waals surface area contributed by atoms with Crippen LogP contribution in [0.4, 0.5) is 15.8 Å². The van der Waals surface area contributed by atoms with E-state index < -0.39 is 38.0 Å². The molecule has 0 unspecified atom stereocenters. The first-order valence-electron chi connectivity index (χ1n) is 6.04. The van der Waals surface area contributed by atoms with Crippen LogP contribution in [0, 0.1) is 15.9 Å². The zero-order valence-corrected chi connectivity index (χ0v) is 12.4. The molecule has 1 aromatic rings. The highest BCUT2D eigenvalue weighted by atomic mass is 32.2. The normalized spacial score (nSPS) is 11.7. The van der Waals surface area contributed by atoms with Gasteiger partial charge in [-0.3, -0.25) is 10.1 Å². The van der Waals surface area contributed by atoms with Gasteiger partial charge in [0.2, 0.25) is 10.0 Å². The Morgan fingerprint density at radius 1 is 1.48 bits per heavy atom. The third kappa shape index (κ3) is 3.65. The van der Waals surface area contributed by atoms with Gasteiger partial charge in [0, 0.05) is 26.2 Å². The Bertz CT molecular complexity index is 635. The number of benzene rings is 1. The van der Waals surface area contributed by atoms with E-state index in [4.69, 9.17) is 5.11 Å². The number of anilines is 1. The topological polar surface area (TPSA) is 113 Å². The Morgan fingerprint density at radius 2 is 2.10 bits per heavy atom. The maximum Gasteiger partial charge on any atom is 0.274 e. The molecule has 0 amide bonds. The molecule has 0 aliphatic rings. The summed E-state index contributed by atoms with van der Waals surface area (Å²) in [5, 5.41) is 22.1. The second-order valence-corrected chi connectivity index (χ2v) is 6.12. The monoisotopic (exact) mass is 321 g/mol. The average Bonchev–Trinajstić information content (AvgIpc) is 2.38. The van der Waals surface area contributed by atoms with Gasteiger partial charge in [-0.1, -0.05) is 0 Å². The number of nitro groups is 1. The van der Waals surface area contributed by atoms with Gasteiger partial charge in [0.25, 0.3) is 5.69 Å². The summed E-state index contributed by atoms with van der Waals surface area (Å²) in [4.78, 5) is 9.24. The van der Waals surface area contributed by atoms with Gasteiger partial charge in [0.1, 0.15) is 4.90 Å². The molecule has 21 heavy (non-hydrogen) atoms. The van der Waals surface area contributed by atoms with Crippen molar-refractivity contribution in [2.24, 2.45) is 0 Å². The van der Waals surface area contributed by atoms with Crippen LogP contribution in [0.15, 0.2) is 17.0 Å². The summed E-state index contributed by atoms with van der Waals surface area (Å²) in [7, 11) is -3.03. The largest absolute Gasteiger partial charge is 0.395 e. The minimum absolute atomic E-state index is 0.186. The Morgan fingerprint density at radius 3 is 2.57 bits per heavy atom. The minimum atomic E-state index is -4.21. The zero-order chi connectivity index (χ0) is 16.2. The van der Waals surface area contributed by atoms with Crippen molar-refractivity contribution in [1.29, 1.82) is 0 Å². The predicted octanol–water partition coefficient (Wildman–Crippen LogP) is 0.778. The van der Waals surface area contributed by atoms with Crippen LogP contribution in [-0.2, 0) is 10.0 Å². The van der Waals surface area contributed by atoms with E-state index in [1.165, 1.54) is 7.05 Å². The molecule has 0 radical (unpaired) electrons. The van der Waals surface area contributed by atoms with Gasteiger partial charge in [-0.05, 0) is 6.92 Å². The van der Waals surface area contributed by atoms with Gasteiger partial charge in [-0.15, -0.1) is 0 Å². The SMILES string of the molecule is CCNc1cc([N+](=O)[O-])cc(F)c1S(=O)(=O)N(C)CCO. The summed E-state index contributed by atoms with van der Waals surface area (Å²) in [5.41, 5.74) is -0.735.